The summed E-state index contributed by atoms with van der Waals surface area (Å²) in [5.41, 5.74) is -0.512. The summed E-state index contributed by atoms with van der Waals surface area (Å²) in [6, 6.07) is 7.39. The SMILES string of the molecule is CC(=O)Nc1ccc(C(=O)c2ccc(NC(C)=O)c(C(=O)O)c2)cc1C(=O)O. The maximum absolute atomic E-state index is 12.7. The first-order valence-corrected chi connectivity index (χ1v) is 7.94. The van der Waals surface area contributed by atoms with E-state index in [2.05, 4.69) is 10.6 Å². The van der Waals surface area contributed by atoms with Crippen molar-refractivity contribution in [2.45, 2.75) is 13.8 Å². The van der Waals surface area contributed by atoms with Gasteiger partial charge in [-0.05, 0) is 36.4 Å². The lowest BCUT2D eigenvalue weighted by molar-refractivity contribution is -0.115. The Kier molecular flexibility index (Phi) is 5.89. The number of amides is 2. The number of anilines is 2. The fourth-order valence-electron chi connectivity index (χ4n) is 2.49. The van der Waals surface area contributed by atoms with Crippen LogP contribution in [0.2, 0.25) is 0 Å². The van der Waals surface area contributed by atoms with Crippen LogP contribution in [0.1, 0.15) is 50.5 Å². The molecule has 4 N–H and O–H groups in total. The number of rotatable bonds is 6. The van der Waals surface area contributed by atoms with Gasteiger partial charge < -0.3 is 20.8 Å². The van der Waals surface area contributed by atoms with Crippen molar-refractivity contribution >= 4 is 40.9 Å². The van der Waals surface area contributed by atoms with Gasteiger partial charge in [0.05, 0.1) is 22.5 Å². The lowest BCUT2D eigenvalue weighted by atomic mass is 9.98. The fraction of sp³-hybridized carbons (Fsp3) is 0.105. The Labute approximate surface area is 159 Å². The highest BCUT2D eigenvalue weighted by molar-refractivity contribution is 6.13. The number of carbonyl (C=O) groups excluding carboxylic acids is 3. The third kappa shape index (κ3) is 4.58. The molecule has 2 aromatic carbocycles. The number of nitrogens with one attached hydrogen (secondary N) is 2. The second-order valence-corrected chi connectivity index (χ2v) is 5.82. The van der Waals surface area contributed by atoms with Crippen LogP contribution >= 0.6 is 0 Å². The predicted octanol–water partition coefficient (Wildman–Crippen LogP) is 2.23. The molecule has 0 saturated heterocycles. The second-order valence-electron chi connectivity index (χ2n) is 5.82. The molecule has 0 fully saturated rings. The van der Waals surface area contributed by atoms with Crippen molar-refractivity contribution in [3.63, 3.8) is 0 Å². The van der Waals surface area contributed by atoms with Crippen LogP contribution in [0.4, 0.5) is 11.4 Å². The summed E-state index contributed by atoms with van der Waals surface area (Å²) < 4.78 is 0. The highest BCUT2D eigenvalue weighted by atomic mass is 16.4. The summed E-state index contributed by atoms with van der Waals surface area (Å²) >= 11 is 0. The third-order valence-electron chi connectivity index (χ3n) is 3.65. The number of carbonyl (C=O) groups is 5. The molecule has 2 rings (SSSR count). The molecule has 0 radical (unpaired) electrons. The standard InChI is InChI=1S/C19H16N2O7/c1-9(22)20-15-5-3-11(7-13(15)18(25)26)17(24)12-4-6-16(21-10(2)23)14(8-12)19(27)28/h3-8H,1-2H3,(H,20,22)(H,21,23)(H,25,26)(H,27,28). The Balaban J connectivity index is 2.48. The Morgan fingerprint density at radius 1 is 0.679 bits per heavy atom. The van der Waals surface area contributed by atoms with E-state index in [4.69, 9.17) is 0 Å². The molecule has 0 aromatic heterocycles. The van der Waals surface area contributed by atoms with E-state index < -0.39 is 29.5 Å². The van der Waals surface area contributed by atoms with Crippen LogP contribution in [0, 0.1) is 0 Å². The van der Waals surface area contributed by atoms with Gasteiger partial charge in [0.2, 0.25) is 11.8 Å². The third-order valence-corrected chi connectivity index (χ3v) is 3.65. The zero-order valence-electron chi connectivity index (χ0n) is 14.9. The largest absolute Gasteiger partial charge is 0.478 e. The molecule has 28 heavy (non-hydrogen) atoms. The van der Waals surface area contributed by atoms with Gasteiger partial charge in [-0.15, -0.1) is 0 Å². The Bertz CT molecular complexity index is 932. The summed E-state index contributed by atoms with van der Waals surface area (Å²) in [6.07, 6.45) is 0. The zero-order valence-corrected chi connectivity index (χ0v) is 14.9. The first-order valence-electron chi connectivity index (χ1n) is 7.94. The van der Waals surface area contributed by atoms with Crippen LogP contribution in [0.5, 0.6) is 0 Å². The highest BCUT2D eigenvalue weighted by Crippen LogP contribution is 2.23. The number of hydrogen-bond acceptors (Lipinski definition) is 5. The molecule has 0 aliphatic rings. The molecule has 0 bridgehead atoms. The second kappa shape index (κ2) is 8.12. The van der Waals surface area contributed by atoms with Crippen molar-refractivity contribution in [3.8, 4) is 0 Å². The normalized spacial score (nSPS) is 10.1. The topological polar surface area (TPSA) is 150 Å². The molecule has 144 valence electrons. The van der Waals surface area contributed by atoms with Crippen molar-refractivity contribution in [2.24, 2.45) is 0 Å². The van der Waals surface area contributed by atoms with Crippen LogP contribution in [0.3, 0.4) is 0 Å². The molecule has 0 atom stereocenters. The molecule has 0 spiro atoms. The lowest BCUT2D eigenvalue weighted by Gasteiger charge is -2.11. The minimum atomic E-state index is -1.34. The van der Waals surface area contributed by atoms with Gasteiger partial charge in [-0.1, -0.05) is 0 Å². The summed E-state index contributed by atoms with van der Waals surface area (Å²) in [4.78, 5) is 57.9. The first kappa shape index (κ1) is 20.3. The smallest absolute Gasteiger partial charge is 0.337 e. The number of aromatic carboxylic acids is 2. The zero-order chi connectivity index (χ0) is 21.0. The molecule has 9 nitrogen and oxygen atoms in total. The molecule has 0 aliphatic heterocycles. The van der Waals surface area contributed by atoms with Gasteiger partial charge in [0.1, 0.15) is 0 Å². The van der Waals surface area contributed by atoms with E-state index in [1.54, 1.807) is 0 Å². The number of hydrogen-bond donors (Lipinski definition) is 4. The van der Waals surface area contributed by atoms with Crippen molar-refractivity contribution < 1.29 is 34.2 Å². The van der Waals surface area contributed by atoms with E-state index in [1.165, 1.54) is 38.1 Å². The van der Waals surface area contributed by atoms with Gasteiger partial charge in [-0.25, -0.2) is 9.59 Å². The van der Waals surface area contributed by atoms with Gasteiger partial charge >= 0.3 is 11.9 Å². The summed E-state index contributed by atoms with van der Waals surface area (Å²) in [5.74, 6) is -4.24. The Morgan fingerprint density at radius 2 is 1.04 bits per heavy atom. The first-order chi connectivity index (χ1) is 13.1. The summed E-state index contributed by atoms with van der Waals surface area (Å²) in [7, 11) is 0. The number of benzene rings is 2. The van der Waals surface area contributed by atoms with Gasteiger partial charge in [-0.3, -0.25) is 14.4 Å². The van der Waals surface area contributed by atoms with Crippen molar-refractivity contribution in [1.82, 2.24) is 0 Å². The summed E-state index contributed by atoms with van der Waals surface area (Å²) in [5, 5.41) is 23.3. The number of carboxylic acid groups (broad SMARTS) is 2. The van der Waals surface area contributed by atoms with Crippen LogP contribution in [0.25, 0.3) is 0 Å². The molecular formula is C19H16N2O7. The van der Waals surface area contributed by atoms with E-state index in [9.17, 15) is 34.2 Å². The molecule has 9 heteroatoms. The van der Waals surface area contributed by atoms with E-state index in [0.29, 0.717) is 0 Å². The predicted molar refractivity (Wildman–Crippen MR) is 98.8 cm³/mol. The van der Waals surface area contributed by atoms with Gasteiger partial charge in [0.25, 0.3) is 0 Å². The molecule has 0 aliphatic carbocycles. The van der Waals surface area contributed by atoms with Crippen molar-refractivity contribution in [1.29, 1.82) is 0 Å². The summed E-state index contributed by atoms with van der Waals surface area (Å²) in [6.45, 7) is 2.43. The van der Waals surface area contributed by atoms with Crippen LogP contribution in [-0.4, -0.2) is 39.7 Å². The Hall–Kier alpha value is -4.01. The monoisotopic (exact) mass is 384 g/mol. The van der Waals surface area contributed by atoms with Crippen LogP contribution in [0.15, 0.2) is 36.4 Å². The van der Waals surface area contributed by atoms with Crippen molar-refractivity contribution in [2.75, 3.05) is 10.6 Å². The minimum Gasteiger partial charge on any atom is -0.478 e. The molecule has 0 heterocycles. The maximum Gasteiger partial charge on any atom is 0.337 e. The van der Waals surface area contributed by atoms with Gasteiger partial charge in [0.15, 0.2) is 5.78 Å². The average Bonchev–Trinajstić information content (AvgIpc) is 2.60. The quantitative estimate of drug-likeness (QED) is 0.558. The van der Waals surface area contributed by atoms with Crippen LogP contribution in [-0.2, 0) is 9.59 Å². The van der Waals surface area contributed by atoms with Gasteiger partial charge in [-0.2, -0.15) is 0 Å². The van der Waals surface area contributed by atoms with Crippen molar-refractivity contribution in [3.05, 3.63) is 58.7 Å². The molecule has 0 saturated carbocycles. The van der Waals surface area contributed by atoms with E-state index in [-0.39, 0.29) is 33.6 Å². The van der Waals surface area contributed by atoms with E-state index >= 15 is 0 Å². The lowest BCUT2D eigenvalue weighted by Crippen LogP contribution is -2.14. The minimum absolute atomic E-state index is 0.00452. The molecule has 2 aromatic rings. The Morgan fingerprint density at radius 3 is 1.32 bits per heavy atom. The number of ketones is 1. The highest BCUT2D eigenvalue weighted by Gasteiger charge is 2.19. The maximum atomic E-state index is 12.7. The van der Waals surface area contributed by atoms with E-state index in [1.807, 2.05) is 0 Å². The van der Waals surface area contributed by atoms with Crippen LogP contribution < -0.4 is 10.6 Å². The van der Waals surface area contributed by atoms with E-state index in [0.717, 1.165) is 12.1 Å². The molecule has 0 unspecified atom stereocenters. The average molecular weight is 384 g/mol. The fourth-order valence-corrected chi connectivity index (χ4v) is 2.49. The molecule has 2 amide bonds. The molecular weight excluding hydrogens is 368 g/mol. The van der Waals surface area contributed by atoms with Gasteiger partial charge in [0, 0.05) is 25.0 Å². The number of carboxylic acids is 2.